The van der Waals surface area contributed by atoms with Gasteiger partial charge >= 0.3 is 0 Å². The van der Waals surface area contributed by atoms with Crippen molar-refractivity contribution in [2.24, 2.45) is 5.92 Å². The van der Waals surface area contributed by atoms with Crippen molar-refractivity contribution in [1.82, 2.24) is 10.2 Å². The van der Waals surface area contributed by atoms with E-state index in [0.29, 0.717) is 5.91 Å². The Kier molecular flexibility index (Phi) is 3.07. The highest BCUT2D eigenvalue weighted by Crippen LogP contribution is 2.46. The lowest BCUT2D eigenvalue weighted by Gasteiger charge is -2.33. The highest BCUT2D eigenvalue weighted by atomic mass is 16.2. The van der Waals surface area contributed by atoms with Crippen LogP contribution in [-0.2, 0) is 11.2 Å². The maximum Gasteiger partial charge on any atom is 0.244 e. The molecule has 3 aliphatic rings. The zero-order valence-corrected chi connectivity index (χ0v) is 12.8. The monoisotopic (exact) mass is 284 g/mol. The van der Waals surface area contributed by atoms with Crippen LogP contribution in [0.2, 0.25) is 0 Å². The molecule has 1 spiro atoms. The Balaban J connectivity index is 1.59. The number of rotatable bonds is 4. The van der Waals surface area contributed by atoms with Gasteiger partial charge < -0.3 is 4.90 Å². The SMILES string of the molecule is CCc1ccc(C2NC3(CC3)C(=O)N2CC2CCC2)cc1. The largest absolute Gasteiger partial charge is 0.321 e. The number of aryl methyl sites for hydroxylation is 1. The molecule has 1 atom stereocenters. The summed E-state index contributed by atoms with van der Waals surface area (Å²) < 4.78 is 0. The lowest BCUT2D eigenvalue weighted by molar-refractivity contribution is -0.131. The number of nitrogens with zero attached hydrogens (tertiary/aromatic N) is 1. The first-order valence-electron chi connectivity index (χ1n) is 8.39. The summed E-state index contributed by atoms with van der Waals surface area (Å²) in [7, 11) is 0. The summed E-state index contributed by atoms with van der Waals surface area (Å²) in [4.78, 5) is 14.9. The van der Waals surface area contributed by atoms with E-state index in [0.717, 1.165) is 31.7 Å². The van der Waals surface area contributed by atoms with Gasteiger partial charge in [-0.05, 0) is 49.1 Å². The number of amides is 1. The third-order valence-electron chi connectivity index (χ3n) is 5.53. The summed E-state index contributed by atoms with van der Waals surface area (Å²) in [6.45, 7) is 3.11. The van der Waals surface area contributed by atoms with Gasteiger partial charge in [-0.1, -0.05) is 37.6 Å². The van der Waals surface area contributed by atoms with Gasteiger partial charge in [-0.2, -0.15) is 0 Å². The summed E-state index contributed by atoms with van der Waals surface area (Å²) in [6, 6.07) is 8.78. The minimum Gasteiger partial charge on any atom is -0.321 e. The molecule has 112 valence electrons. The van der Waals surface area contributed by atoms with Gasteiger partial charge in [0.1, 0.15) is 11.7 Å². The third kappa shape index (κ3) is 2.18. The Morgan fingerprint density at radius 1 is 1.24 bits per heavy atom. The number of hydrogen-bond acceptors (Lipinski definition) is 2. The molecule has 1 aliphatic heterocycles. The number of nitrogens with one attached hydrogen (secondary N) is 1. The maximum absolute atomic E-state index is 12.7. The predicted octanol–water partition coefficient (Wildman–Crippen LogP) is 3.01. The van der Waals surface area contributed by atoms with E-state index in [1.807, 2.05) is 0 Å². The lowest BCUT2D eigenvalue weighted by Crippen LogP contribution is -2.37. The zero-order chi connectivity index (χ0) is 14.4. The van der Waals surface area contributed by atoms with Crippen LogP contribution in [0.4, 0.5) is 0 Å². The van der Waals surface area contributed by atoms with Gasteiger partial charge in [0.15, 0.2) is 0 Å². The molecule has 1 saturated heterocycles. The first kappa shape index (κ1) is 13.3. The second kappa shape index (κ2) is 4.84. The van der Waals surface area contributed by atoms with Gasteiger partial charge in [0.2, 0.25) is 5.91 Å². The summed E-state index contributed by atoms with van der Waals surface area (Å²) in [5.41, 5.74) is 2.39. The highest BCUT2D eigenvalue weighted by Gasteiger charge is 2.59. The fraction of sp³-hybridized carbons (Fsp3) is 0.611. The fourth-order valence-electron chi connectivity index (χ4n) is 3.62. The van der Waals surface area contributed by atoms with Gasteiger partial charge in [-0.3, -0.25) is 10.1 Å². The first-order chi connectivity index (χ1) is 10.2. The molecule has 2 aliphatic carbocycles. The van der Waals surface area contributed by atoms with E-state index >= 15 is 0 Å². The van der Waals surface area contributed by atoms with E-state index in [2.05, 4.69) is 41.4 Å². The minimum atomic E-state index is -0.210. The average molecular weight is 284 g/mol. The van der Waals surface area contributed by atoms with Crippen molar-refractivity contribution in [3.05, 3.63) is 35.4 Å². The Morgan fingerprint density at radius 2 is 1.95 bits per heavy atom. The molecule has 0 bridgehead atoms. The molecule has 0 aromatic heterocycles. The summed E-state index contributed by atoms with van der Waals surface area (Å²) in [5, 5.41) is 3.62. The molecular weight excluding hydrogens is 260 g/mol. The third-order valence-corrected chi connectivity index (χ3v) is 5.53. The number of carbonyl (C=O) groups is 1. The molecule has 2 saturated carbocycles. The molecular formula is C18H24N2O. The van der Waals surface area contributed by atoms with E-state index in [9.17, 15) is 4.79 Å². The Labute approximate surface area is 126 Å². The second-order valence-electron chi connectivity index (χ2n) is 6.98. The van der Waals surface area contributed by atoms with E-state index < -0.39 is 0 Å². The molecule has 1 aromatic rings. The Hall–Kier alpha value is -1.35. The summed E-state index contributed by atoms with van der Waals surface area (Å²) in [5.74, 6) is 1.07. The van der Waals surface area contributed by atoms with Crippen LogP contribution in [0, 0.1) is 5.92 Å². The molecule has 21 heavy (non-hydrogen) atoms. The normalized spacial score (nSPS) is 27.2. The van der Waals surface area contributed by atoms with E-state index in [4.69, 9.17) is 0 Å². The van der Waals surface area contributed by atoms with Gasteiger partial charge in [0.05, 0.1) is 0 Å². The van der Waals surface area contributed by atoms with Crippen molar-refractivity contribution < 1.29 is 4.79 Å². The molecule has 3 heteroatoms. The highest BCUT2D eigenvalue weighted by molar-refractivity contribution is 5.92. The number of carbonyl (C=O) groups excluding carboxylic acids is 1. The number of benzene rings is 1. The fourth-order valence-corrected chi connectivity index (χ4v) is 3.62. The van der Waals surface area contributed by atoms with Crippen LogP contribution in [0.3, 0.4) is 0 Å². The second-order valence-corrected chi connectivity index (χ2v) is 6.98. The average Bonchev–Trinajstić information content (AvgIpc) is 3.19. The molecule has 1 heterocycles. The quantitative estimate of drug-likeness (QED) is 0.922. The maximum atomic E-state index is 12.7. The molecule has 1 aromatic carbocycles. The molecule has 3 fully saturated rings. The van der Waals surface area contributed by atoms with Crippen LogP contribution in [0.25, 0.3) is 0 Å². The zero-order valence-electron chi connectivity index (χ0n) is 12.8. The van der Waals surface area contributed by atoms with E-state index in [1.165, 1.54) is 30.4 Å². The minimum absolute atomic E-state index is 0.0894. The molecule has 4 rings (SSSR count). The van der Waals surface area contributed by atoms with Crippen LogP contribution in [-0.4, -0.2) is 22.9 Å². The van der Waals surface area contributed by atoms with Gasteiger partial charge in [-0.25, -0.2) is 0 Å². The lowest BCUT2D eigenvalue weighted by atomic mass is 9.85. The standard InChI is InChI=1S/C18H24N2O/c1-2-13-6-8-15(9-7-13)16-19-18(10-11-18)17(21)20(16)12-14-4-3-5-14/h6-9,14,16,19H,2-5,10-12H2,1H3. The van der Waals surface area contributed by atoms with Crippen molar-refractivity contribution in [2.45, 2.75) is 57.2 Å². The van der Waals surface area contributed by atoms with Crippen molar-refractivity contribution in [3.63, 3.8) is 0 Å². The Morgan fingerprint density at radius 3 is 2.48 bits per heavy atom. The Bertz CT molecular complexity index is 543. The van der Waals surface area contributed by atoms with Crippen molar-refractivity contribution in [3.8, 4) is 0 Å². The first-order valence-corrected chi connectivity index (χ1v) is 8.39. The van der Waals surface area contributed by atoms with Crippen LogP contribution < -0.4 is 5.32 Å². The van der Waals surface area contributed by atoms with Crippen LogP contribution >= 0.6 is 0 Å². The topological polar surface area (TPSA) is 32.3 Å². The smallest absolute Gasteiger partial charge is 0.244 e. The van der Waals surface area contributed by atoms with Crippen molar-refractivity contribution in [2.75, 3.05) is 6.54 Å². The summed E-state index contributed by atoms with van der Waals surface area (Å²) >= 11 is 0. The van der Waals surface area contributed by atoms with Gasteiger partial charge in [-0.15, -0.1) is 0 Å². The molecule has 1 unspecified atom stereocenters. The van der Waals surface area contributed by atoms with Crippen LogP contribution in [0.1, 0.15) is 56.3 Å². The van der Waals surface area contributed by atoms with Gasteiger partial charge in [0, 0.05) is 6.54 Å². The molecule has 3 nitrogen and oxygen atoms in total. The van der Waals surface area contributed by atoms with E-state index in [1.54, 1.807) is 0 Å². The van der Waals surface area contributed by atoms with Gasteiger partial charge in [0.25, 0.3) is 0 Å². The summed E-state index contributed by atoms with van der Waals surface area (Å²) in [6.07, 6.45) is 7.09. The van der Waals surface area contributed by atoms with Crippen molar-refractivity contribution >= 4 is 5.91 Å². The number of hydrogen-bond donors (Lipinski definition) is 1. The molecule has 1 N–H and O–H groups in total. The van der Waals surface area contributed by atoms with Crippen LogP contribution in [0.5, 0.6) is 0 Å². The van der Waals surface area contributed by atoms with Crippen LogP contribution in [0.15, 0.2) is 24.3 Å². The molecule has 0 radical (unpaired) electrons. The van der Waals surface area contributed by atoms with E-state index in [-0.39, 0.29) is 11.7 Å². The predicted molar refractivity (Wildman–Crippen MR) is 82.7 cm³/mol. The van der Waals surface area contributed by atoms with Crippen molar-refractivity contribution in [1.29, 1.82) is 0 Å². The molecule has 1 amide bonds.